The Hall–Kier alpha value is -2.75. The van der Waals surface area contributed by atoms with Gasteiger partial charge in [-0.15, -0.1) is 0 Å². The number of nitriles is 1. The number of nitro groups is 1. The van der Waals surface area contributed by atoms with Gasteiger partial charge < -0.3 is 4.90 Å². The lowest BCUT2D eigenvalue weighted by Crippen LogP contribution is -2.28. The number of non-ortho nitro benzene ring substituents is 1. The lowest BCUT2D eigenvalue weighted by molar-refractivity contribution is -0.384. The van der Waals surface area contributed by atoms with Gasteiger partial charge in [0.15, 0.2) is 0 Å². The standard InChI is InChI=1S/C14H15N5O2/c1-3-18(8-10(2)7-15)14-12-6-11(19(20)21)4-5-13(12)16-9-17-14/h4-6,9-10H,3,8H2,1-2H3. The van der Waals surface area contributed by atoms with Crippen LogP contribution in [0.15, 0.2) is 24.5 Å². The Bertz CT molecular complexity index is 710. The summed E-state index contributed by atoms with van der Waals surface area (Å²) in [6.07, 6.45) is 1.43. The average Bonchev–Trinajstić information content (AvgIpc) is 2.51. The Morgan fingerprint density at radius 2 is 2.24 bits per heavy atom. The quantitative estimate of drug-likeness (QED) is 0.618. The van der Waals surface area contributed by atoms with Crippen molar-refractivity contribution in [3.05, 3.63) is 34.6 Å². The van der Waals surface area contributed by atoms with Gasteiger partial charge in [-0.3, -0.25) is 10.1 Å². The van der Waals surface area contributed by atoms with Gasteiger partial charge in [0.05, 0.1) is 22.4 Å². The van der Waals surface area contributed by atoms with Crippen molar-refractivity contribution in [1.82, 2.24) is 9.97 Å². The largest absolute Gasteiger partial charge is 0.355 e. The van der Waals surface area contributed by atoms with Gasteiger partial charge in [0.1, 0.15) is 12.1 Å². The highest BCUT2D eigenvalue weighted by molar-refractivity contribution is 5.91. The van der Waals surface area contributed by atoms with Crippen LogP contribution in [0.4, 0.5) is 11.5 Å². The number of rotatable bonds is 5. The number of hydrogen-bond acceptors (Lipinski definition) is 6. The van der Waals surface area contributed by atoms with Crippen molar-refractivity contribution < 1.29 is 4.92 Å². The number of benzene rings is 1. The number of aromatic nitrogens is 2. The number of hydrogen-bond donors (Lipinski definition) is 0. The number of fused-ring (bicyclic) bond motifs is 1. The van der Waals surface area contributed by atoms with Gasteiger partial charge in [-0.05, 0) is 19.9 Å². The molecule has 7 heteroatoms. The van der Waals surface area contributed by atoms with Crippen molar-refractivity contribution in [3.8, 4) is 6.07 Å². The normalized spacial score (nSPS) is 11.9. The van der Waals surface area contributed by atoms with Crippen molar-refractivity contribution in [3.63, 3.8) is 0 Å². The minimum absolute atomic E-state index is 0.00272. The predicted octanol–water partition coefficient (Wildman–Crippen LogP) is 2.52. The summed E-state index contributed by atoms with van der Waals surface area (Å²) < 4.78 is 0. The van der Waals surface area contributed by atoms with E-state index in [-0.39, 0.29) is 11.6 Å². The molecule has 0 spiro atoms. The van der Waals surface area contributed by atoms with E-state index in [1.54, 1.807) is 6.07 Å². The topological polar surface area (TPSA) is 96.0 Å². The summed E-state index contributed by atoms with van der Waals surface area (Å²) in [6.45, 7) is 4.95. The number of anilines is 1. The van der Waals surface area contributed by atoms with Crippen molar-refractivity contribution >= 4 is 22.4 Å². The number of nitro benzene ring substituents is 1. The van der Waals surface area contributed by atoms with Crippen LogP contribution in [0.2, 0.25) is 0 Å². The fourth-order valence-corrected chi connectivity index (χ4v) is 2.13. The van der Waals surface area contributed by atoms with Crippen LogP contribution in [0.25, 0.3) is 10.9 Å². The molecular formula is C14H15N5O2. The smallest absolute Gasteiger partial charge is 0.270 e. The Kier molecular flexibility index (Phi) is 4.28. The third kappa shape index (κ3) is 3.05. The minimum Gasteiger partial charge on any atom is -0.355 e. The zero-order valence-corrected chi connectivity index (χ0v) is 11.9. The summed E-state index contributed by atoms with van der Waals surface area (Å²) in [6, 6.07) is 6.70. The Morgan fingerprint density at radius 1 is 1.48 bits per heavy atom. The summed E-state index contributed by atoms with van der Waals surface area (Å²) in [5.41, 5.74) is 0.650. The van der Waals surface area contributed by atoms with Crippen molar-refractivity contribution in [1.29, 1.82) is 5.26 Å². The van der Waals surface area contributed by atoms with Gasteiger partial charge in [-0.1, -0.05) is 0 Å². The molecule has 2 rings (SSSR count). The molecule has 2 aromatic rings. The van der Waals surface area contributed by atoms with Gasteiger partial charge in [-0.2, -0.15) is 5.26 Å². The number of nitrogens with zero attached hydrogens (tertiary/aromatic N) is 5. The fraction of sp³-hybridized carbons (Fsp3) is 0.357. The maximum atomic E-state index is 10.9. The van der Waals surface area contributed by atoms with E-state index in [4.69, 9.17) is 5.26 Å². The third-order valence-electron chi connectivity index (χ3n) is 3.20. The lowest BCUT2D eigenvalue weighted by atomic mass is 10.1. The monoisotopic (exact) mass is 285 g/mol. The van der Waals surface area contributed by atoms with E-state index in [1.807, 2.05) is 18.7 Å². The van der Waals surface area contributed by atoms with E-state index >= 15 is 0 Å². The molecule has 0 amide bonds. The summed E-state index contributed by atoms with van der Waals surface area (Å²) in [5, 5.41) is 20.5. The van der Waals surface area contributed by atoms with Crippen molar-refractivity contribution in [2.45, 2.75) is 13.8 Å². The molecule has 0 radical (unpaired) electrons. The first-order chi connectivity index (χ1) is 10.1. The average molecular weight is 285 g/mol. The first-order valence-corrected chi connectivity index (χ1v) is 6.60. The SMILES string of the molecule is CCN(CC(C)C#N)c1ncnc2ccc([N+](=O)[O-])cc12. The molecule has 0 N–H and O–H groups in total. The lowest BCUT2D eigenvalue weighted by Gasteiger charge is -2.23. The zero-order chi connectivity index (χ0) is 15.4. The van der Waals surface area contributed by atoms with Crippen LogP contribution in [-0.2, 0) is 0 Å². The molecule has 1 unspecified atom stereocenters. The zero-order valence-electron chi connectivity index (χ0n) is 11.9. The molecule has 0 aliphatic heterocycles. The molecule has 0 aliphatic carbocycles. The predicted molar refractivity (Wildman–Crippen MR) is 78.9 cm³/mol. The molecule has 1 aromatic heterocycles. The van der Waals surface area contributed by atoms with Crippen LogP contribution in [0.5, 0.6) is 0 Å². The van der Waals surface area contributed by atoms with Crippen LogP contribution in [0.1, 0.15) is 13.8 Å². The molecule has 7 nitrogen and oxygen atoms in total. The highest BCUT2D eigenvalue weighted by atomic mass is 16.6. The van der Waals surface area contributed by atoms with Gasteiger partial charge >= 0.3 is 0 Å². The minimum atomic E-state index is -0.440. The Balaban J connectivity index is 2.53. The molecule has 0 bridgehead atoms. The second kappa shape index (κ2) is 6.13. The highest BCUT2D eigenvalue weighted by Crippen LogP contribution is 2.27. The Labute approximate surface area is 122 Å². The summed E-state index contributed by atoms with van der Waals surface area (Å²) in [7, 11) is 0. The van der Waals surface area contributed by atoms with E-state index in [0.29, 0.717) is 29.8 Å². The molecule has 0 saturated heterocycles. The molecule has 21 heavy (non-hydrogen) atoms. The van der Waals surface area contributed by atoms with Crippen LogP contribution in [0.3, 0.4) is 0 Å². The van der Waals surface area contributed by atoms with E-state index < -0.39 is 4.92 Å². The van der Waals surface area contributed by atoms with Crippen LogP contribution in [0, 0.1) is 27.4 Å². The van der Waals surface area contributed by atoms with Gasteiger partial charge in [-0.25, -0.2) is 9.97 Å². The van der Waals surface area contributed by atoms with Crippen LogP contribution >= 0.6 is 0 Å². The molecule has 1 atom stereocenters. The molecular weight excluding hydrogens is 270 g/mol. The summed E-state index contributed by atoms with van der Waals surface area (Å²) >= 11 is 0. The van der Waals surface area contributed by atoms with Gasteiger partial charge in [0.2, 0.25) is 0 Å². The van der Waals surface area contributed by atoms with Gasteiger partial charge in [0, 0.05) is 30.6 Å². The molecule has 1 aromatic carbocycles. The molecule has 0 fully saturated rings. The van der Waals surface area contributed by atoms with Gasteiger partial charge in [0.25, 0.3) is 5.69 Å². The van der Waals surface area contributed by atoms with Crippen molar-refractivity contribution in [2.75, 3.05) is 18.0 Å². The van der Waals surface area contributed by atoms with E-state index in [2.05, 4.69) is 16.0 Å². The van der Waals surface area contributed by atoms with E-state index in [1.165, 1.54) is 18.5 Å². The first kappa shape index (κ1) is 14.7. The first-order valence-electron chi connectivity index (χ1n) is 6.60. The maximum Gasteiger partial charge on any atom is 0.270 e. The molecule has 108 valence electrons. The second-order valence-corrected chi connectivity index (χ2v) is 4.72. The third-order valence-corrected chi connectivity index (χ3v) is 3.20. The second-order valence-electron chi connectivity index (χ2n) is 4.72. The van der Waals surface area contributed by atoms with Crippen LogP contribution in [-0.4, -0.2) is 28.0 Å². The highest BCUT2D eigenvalue weighted by Gasteiger charge is 2.16. The fourth-order valence-electron chi connectivity index (χ4n) is 2.13. The maximum absolute atomic E-state index is 10.9. The van der Waals surface area contributed by atoms with Crippen molar-refractivity contribution in [2.24, 2.45) is 5.92 Å². The Morgan fingerprint density at radius 3 is 2.86 bits per heavy atom. The summed E-state index contributed by atoms with van der Waals surface area (Å²) in [5.74, 6) is 0.460. The molecule has 0 saturated carbocycles. The molecule has 0 aliphatic rings. The van der Waals surface area contributed by atoms with E-state index in [0.717, 1.165) is 0 Å². The van der Waals surface area contributed by atoms with Crippen LogP contribution < -0.4 is 4.90 Å². The summed E-state index contributed by atoms with van der Waals surface area (Å²) in [4.78, 5) is 20.8. The van der Waals surface area contributed by atoms with E-state index in [9.17, 15) is 10.1 Å². The molecule has 1 heterocycles.